The van der Waals surface area contributed by atoms with Crippen LogP contribution in [-0.4, -0.2) is 23.7 Å². The van der Waals surface area contributed by atoms with E-state index in [-0.39, 0.29) is 4.90 Å². The van der Waals surface area contributed by atoms with E-state index in [0.717, 1.165) is 6.29 Å². The van der Waals surface area contributed by atoms with Crippen LogP contribution in [0.5, 0.6) is 0 Å². The standard InChI is InChI=1S/C18H18N2O3S/c1-14-8-2-5-11-17(14)24(22,23)20-16-10-4-3-9-15(16)19-18(20)12-6-7-13-21/h2-5,8-11,13H,6-7,12H2,1H3. The number of hydrogen-bond acceptors (Lipinski definition) is 4. The van der Waals surface area contributed by atoms with Gasteiger partial charge in [0.05, 0.1) is 15.9 Å². The van der Waals surface area contributed by atoms with Crippen LogP contribution in [0, 0.1) is 6.92 Å². The molecule has 1 heterocycles. The first-order valence-corrected chi connectivity index (χ1v) is 9.21. The van der Waals surface area contributed by atoms with Crippen molar-refractivity contribution in [2.45, 2.75) is 31.1 Å². The first kappa shape index (κ1) is 16.4. The number of hydrogen-bond donors (Lipinski definition) is 0. The molecular weight excluding hydrogens is 324 g/mol. The largest absolute Gasteiger partial charge is 0.303 e. The maximum atomic E-state index is 13.2. The number of aldehydes is 1. The van der Waals surface area contributed by atoms with E-state index in [9.17, 15) is 13.2 Å². The molecule has 0 bridgehead atoms. The van der Waals surface area contributed by atoms with Gasteiger partial charge in [0.25, 0.3) is 10.0 Å². The maximum absolute atomic E-state index is 13.2. The van der Waals surface area contributed by atoms with Crippen LogP contribution in [0.2, 0.25) is 0 Å². The Balaban J connectivity index is 2.21. The molecule has 1 aromatic heterocycles. The van der Waals surface area contributed by atoms with Crippen molar-refractivity contribution in [1.82, 2.24) is 8.96 Å². The minimum absolute atomic E-state index is 0.268. The minimum Gasteiger partial charge on any atom is -0.303 e. The molecule has 0 spiro atoms. The van der Waals surface area contributed by atoms with Gasteiger partial charge in [-0.15, -0.1) is 0 Å². The second kappa shape index (κ2) is 6.57. The fourth-order valence-electron chi connectivity index (χ4n) is 2.77. The number of unbranched alkanes of at least 4 members (excludes halogenated alkanes) is 1. The Labute approximate surface area is 141 Å². The molecule has 0 saturated heterocycles. The smallest absolute Gasteiger partial charge is 0.269 e. The van der Waals surface area contributed by atoms with Gasteiger partial charge >= 0.3 is 0 Å². The first-order valence-electron chi connectivity index (χ1n) is 7.77. The van der Waals surface area contributed by atoms with E-state index < -0.39 is 10.0 Å². The van der Waals surface area contributed by atoms with Crippen LogP contribution >= 0.6 is 0 Å². The van der Waals surface area contributed by atoms with Crippen molar-refractivity contribution in [3.05, 3.63) is 59.9 Å². The molecule has 0 aliphatic heterocycles. The van der Waals surface area contributed by atoms with Crippen molar-refractivity contribution in [1.29, 1.82) is 0 Å². The number of imidazole rings is 1. The van der Waals surface area contributed by atoms with Crippen molar-refractivity contribution in [2.75, 3.05) is 0 Å². The molecule has 5 nitrogen and oxygen atoms in total. The second-order valence-electron chi connectivity index (χ2n) is 5.61. The van der Waals surface area contributed by atoms with Crippen molar-refractivity contribution in [3.63, 3.8) is 0 Å². The summed E-state index contributed by atoms with van der Waals surface area (Å²) in [5, 5.41) is 0. The Hall–Kier alpha value is -2.47. The topological polar surface area (TPSA) is 69.0 Å². The SMILES string of the molecule is Cc1ccccc1S(=O)(=O)n1c(CCCC=O)nc2ccccc21. The van der Waals surface area contributed by atoms with E-state index in [2.05, 4.69) is 4.98 Å². The Morgan fingerprint density at radius 1 is 1.08 bits per heavy atom. The summed E-state index contributed by atoms with van der Waals surface area (Å²) in [4.78, 5) is 15.3. The number of rotatable bonds is 6. The van der Waals surface area contributed by atoms with Crippen LogP contribution in [0.15, 0.2) is 53.4 Å². The molecule has 0 saturated carbocycles. The summed E-state index contributed by atoms with van der Waals surface area (Å²) in [6.07, 6.45) is 2.21. The highest BCUT2D eigenvalue weighted by molar-refractivity contribution is 7.90. The lowest BCUT2D eigenvalue weighted by atomic mass is 10.2. The average molecular weight is 342 g/mol. The van der Waals surface area contributed by atoms with Crippen LogP contribution in [-0.2, 0) is 21.2 Å². The monoisotopic (exact) mass is 342 g/mol. The molecule has 124 valence electrons. The molecule has 2 aromatic carbocycles. The molecular formula is C18H18N2O3S. The highest BCUT2D eigenvalue weighted by Gasteiger charge is 2.25. The summed E-state index contributed by atoms with van der Waals surface area (Å²) >= 11 is 0. The number of carbonyl (C=O) groups is 1. The number of carbonyl (C=O) groups excluding carboxylic acids is 1. The van der Waals surface area contributed by atoms with E-state index >= 15 is 0 Å². The average Bonchev–Trinajstić information content (AvgIpc) is 2.94. The molecule has 3 rings (SSSR count). The van der Waals surface area contributed by atoms with Gasteiger partial charge in [0, 0.05) is 12.8 Å². The summed E-state index contributed by atoms with van der Waals surface area (Å²) in [6.45, 7) is 1.78. The minimum atomic E-state index is -3.75. The number of para-hydroxylation sites is 2. The Kier molecular flexibility index (Phi) is 4.49. The fourth-order valence-corrected chi connectivity index (χ4v) is 4.51. The molecule has 0 atom stereocenters. The lowest BCUT2D eigenvalue weighted by Gasteiger charge is -2.12. The van der Waals surface area contributed by atoms with Gasteiger partial charge in [0.2, 0.25) is 0 Å². The first-order chi connectivity index (χ1) is 11.6. The molecule has 3 aromatic rings. The van der Waals surface area contributed by atoms with E-state index in [1.165, 1.54) is 3.97 Å². The van der Waals surface area contributed by atoms with Gasteiger partial charge in [0.1, 0.15) is 12.1 Å². The van der Waals surface area contributed by atoms with E-state index in [0.29, 0.717) is 41.7 Å². The van der Waals surface area contributed by atoms with Gasteiger partial charge in [-0.05, 0) is 37.1 Å². The molecule has 0 aliphatic rings. The molecule has 0 N–H and O–H groups in total. The van der Waals surface area contributed by atoms with Crippen molar-refractivity contribution in [3.8, 4) is 0 Å². The molecule has 0 aliphatic carbocycles. The van der Waals surface area contributed by atoms with Crippen LogP contribution in [0.1, 0.15) is 24.2 Å². The van der Waals surface area contributed by atoms with E-state index in [1.807, 2.05) is 12.1 Å². The van der Waals surface area contributed by atoms with Gasteiger partial charge in [-0.2, -0.15) is 0 Å². The predicted molar refractivity (Wildman–Crippen MR) is 92.5 cm³/mol. The summed E-state index contributed by atoms with van der Waals surface area (Å²) in [6, 6.07) is 14.1. The summed E-state index contributed by atoms with van der Waals surface area (Å²) in [7, 11) is -3.75. The number of benzene rings is 2. The third-order valence-corrected chi connectivity index (χ3v) is 5.82. The zero-order chi connectivity index (χ0) is 17.2. The number of aromatic nitrogens is 2. The number of nitrogens with zero attached hydrogens (tertiary/aromatic N) is 2. The zero-order valence-electron chi connectivity index (χ0n) is 13.3. The Morgan fingerprint density at radius 2 is 1.79 bits per heavy atom. The highest BCUT2D eigenvalue weighted by Crippen LogP contribution is 2.25. The van der Waals surface area contributed by atoms with Gasteiger partial charge in [-0.25, -0.2) is 17.4 Å². The number of aryl methyl sites for hydroxylation is 2. The van der Waals surface area contributed by atoms with Crippen LogP contribution < -0.4 is 0 Å². The van der Waals surface area contributed by atoms with Gasteiger partial charge in [-0.3, -0.25) is 0 Å². The Bertz CT molecular complexity index is 990. The van der Waals surface area contributed by atoms with Gasteiger partial charge in [0.15, 0.2) is 0 Å². The lowest BCUT2D eigenvalue weighted by molar-refractivity contribution is -0.107. The van der Waals surface area contributed by atoms with Crippen molar-refractivity contribution < 1.29 is 13.2 Å². The van der Waals surface area contributed by atoms with Gasteiger partial charge < -0.3 is 4.79 Å². The van der Waals surface area contributed by atoms with Gasteiger partial charge in [-0.1, -0.05) is 30.3 Å². The Morgan fingerprint density at radius 3 is 2.54 bits per heavy atom. The molecule has 0 radical (unpaired) electrons. The third kappa shape index (κ3) is 2.85. The maximum Gasteiger partial charge on any atom is 0.269 e. The van der Waals surface area contributed by atoms with Crippen LogP contribution in [0.3, 0.4) is 0 Å². The molecule has 0 fully saturated rings. The fraction of sp³-hybridized carbons (Fsp3) is 0.222. The van der Waals surface area contributed by atoms with Crippen molar-refractivity contribution >= 4 is 27.3 Å². The van der Waals surface area contributed by atoms with E-state index in [4.69, 9.17) is 0 Å². The summed E-state index contributed by atoms with van der Waals surface area (Å²) in [5.74, 6) is 0.460. The normalized spacial score (nSPS) is 11.7. The zero-order valence-corrected chi connectivity index (χ0v) is 14.2. The summed E-state index contributed by atoms with van der Waals surface area (Å²) < 4.78 is 27.8. The lowest BCUT2D eigenvalue weighted by Crippen LogP contribution is -2.17. The molecule has 0 amide bonds. The van der Waals surface area contributed by atoms with Crippen molar-refractivity contribution in [2.24, 2.45) is 0 Å². The second-order valence-corrected chi connectivity index (χ2v) is 7.37. The third-order valence-electron chi connectivity index (χ3n) is 3.92. The molecule has 6 heteroatoms. The number of fused-ring (bicyclic) bond motifs is 1. The summed E-state index contributed by atoms with van der Waals surface area (Å²) in [5.41, 5.74) is 1.88. The molecule has 0 unspecified atom stereocenters. The highest BCUT2D eigenvalue weighted by atomic mass is 32.2. The molecule has 24 heavy (non-hydrogen) atoms. The van der Waals surface area contributed by atoms with Crippen LogP contribution in [0.25, 0.3) is 11.0 Å². The van der Waals surface area contributed by atoms with E-state index in [1.54, 1.807) is 43.3 Å². The quantitative estimate of drug-likeness (QED) is 0.510. The predicted octanol–water partition coefficient (Wildman–Crippen LogP) is 3.10. The van der Waals surface area contributed by atoms with Crippen LogP contribution in [0.4, 0.5) is 0 Å².